The molecule has 1 amide bonds. The van der Waals surface area contributed by atoms with Crippen LogP contribution in [0.4, 0.5) is 5.69 Å². The number of amides is 1. The lowest BCUT2D eigenvalue weighted by Gasteiger charge is -2.35. The number of hydrogen-bond acceptors (Lipinski definition) is 4. The van der Waals surface area contributed by atoms with Gasteiger partial charge in [0.05, 0.1) is 11.6 Å². The van der Waals surface area contributed by atoms with Crippen LogP contribution < -0.4 is 10.2 Å². The molecule has 2 fully saturated rings. The number of nitrogens with zero attached hydrogens (tertiary/aromatic N) is 2. The van der Waals surface area contributed by atoms with Gasteiger partial charge >= 0.3 is 0 Å². The van der Waals surface area contributed by atoms with Gasteiger partial charge in [0.25, 0.3) is 0 Å². The van der Waals surface area contributed by atoms with E-state index in [1.54, 1.807) is 0 Å². The van der Waals surface area contributed by atoms with Gasteiger partial charge in [0, 0.05) is 24.8 Å². The third-order valence-corrected chi connectivity index (χ3v) is 4.54. The van der Waals surface area contributed by atoms with Crippen LogP contribution >= 0.6 is 0 Å². The molecule has 0 spiro atoms. The Hall–Kier alpha value is -2.06. The second-order valence-electron chi connectivity index (χ2n) is 6.21. The fourth-order valence-electron chi connectivity index (χ4n) is 2.95. The van der Waals surface area contributed by atoms with Gasteiger partial charge in [-0.1, -0.05) is 0 Å². The SMILES string of the molecule is N#Cc1ccc(N2CCC(C(O)C(=O)NC3CC3)CC2)cc1. The lowest BCUT2D eigenvalue weighted by molar-refractivity contribution is -0.132. The summed E-state index contributed by atoms with van der Waals surface area (Å²) in [6.45, 7) is 1.65. The van der Waals surface area contributed by atoms with E-state index in [0.29, 0.717) is 11.6 Å². The number of benzene rings is 1. The van der Waals surface area contributed by atoms with Crippen molar-refractivity contribution in [1.29, 1.82) is 5.26 Å². The zero-order valence-electron chi connectivity index (χ0n) is 12.5. The monoisotopic (exact) mass is 299 g/mol. The van der Waals surface area contributed by atoms with E-state index in [-0.39, 0.29) is 11.8 Å². The zero-order chi connectivity index (χ0) is 15.5. The number of aliphatic hydroxyl groups is 1. The van der Waals surface area contributed by atoms with Crippen molar-refractivity contribution in [1.82, 2.24) is 5.32 Å². The first kappa shape index (κ1) is 14.9. The van der Waals surface area contributed by atoms with Gasteiger partial charge < -0.3 is 15.3 Å². The van der Waals surface area contributed by atoms with E-state index in [4.69, 9.17) is 5.26 Å². The Morgan fingerprint density at radius 3 is 2.41 bits per heavy atom. The molecule has 5 heteroatoms. The molecule has 22 heavy (non-hydrogen) atoms. The van der Waals surface area contributed by atoms with Crippen molar-refractivity contribution in [3.63, 3.8) is 0 Å². The number of rotatable bonds is 4. The van der Waals surface area contributed by atoms with Crippen molar-refractivity contribution < 1.29 is 9.90 Å². The summed E-state index contributed by atoms with van der Waals surface area (Å²) in [5, 5.41) is 21.9. The van der Waals surface area contributed by atoms with Crippen LogP contribution in [0.2, 0.25) is 0 Å². The summed E-state index contributed by atoms with van der Waals surface area (Å²) in [6.07, 6.45) is 2.80. The number of hydrogen-bond donors (Lipinski definition) is 2. The van der Waals surface area contributed by atoms with Crippen molar-refractivity contribution in [3.05, 3.63) is 29.8 Å². The summed E-state index contributed by atoms with van der Waals surface area (Å²) in [5.41, 5.74) is 1.75. The Morgan fingerprint density at radius 2 is 1.86 bits per heavy atom. The maximum absolute atomic E-state index is 11.9. The molecule has 2 aliphatic rings. The number of nitrogens with one attached hydrogen (secondary N) is 1. The summed E-state index contributed by atoms with van der Waals surface area (Å²) in [7, 11) is 0. The summed E-state index contributed by atoms with van der Waals surface area (Å²) < 4.78 is 0. The second-order valence-corrected chi connectivity index (χ2v) is 6.21. The molecule has 0 bridgehead atoms. The van der Waals surface area contributed by atoms with Gasteiger partial charge in [-0.15, -0.1) is 0 Å². The number of carbonyl (C=O) groups excluding carboxylic acids is 1. The fourth-order valence-corrected chi connectivity index (χ4v) is 2.95. The first-order valence-corrected chi connectivity index (χ1v) is 7.91. The first-order chi connectivity index (χ1) is 10.7. The minimum atomic E-state index is -0.885. The molecular weight excluding hydrogens is 278 g/mol. The molecule has 1 atom stereocenters. The van der Waals surface area contributed by atoms with Gasteiger partial charge in [-0.25, -0.2) is 0 Å². The highest BCUT2D eigenvalue weighted by atomic mass is 16.3. The van der Waals surface area contributed by atoms with Gasteiger partial charge in [0.2, 0.25) is 5.91 Å². The maximum atomic E-state index is 11.9. The lowest BCUT2D eigenvalue weighted by Crippen LogP contribution is -2.45. The van der Waals surface area contributed by atoms with Crippen LogP contribution in [-0.4, -0.2) is 36.2 Å². The molecule has 1 aliphatic heterocycles. The molecule has 1 saturated heterocycles. The molecule has 1 aliphatic carbocycles. The van der Waals surface area contributed by atoms with Gasteiger partial charge in [-0.05, 0) is 55.9 Å². The minimum absolute atomic E-state index is 0.0355. The van der Waals surface area contributed by atoms with Gasteiger partial charge in [-0.2, -0.15) is 5.26 Å². The summed E-state index contributed by atoms with van der Waals surface area (Å²) >= 11 is 0. The molecule has 1 saturated carbocycles. The van der Waals surface area contributed by atoms with E-state index in [1.165, 1.54) is 0 Å². The smallest absolute Gasteiger partial charge is 0.249 e. The number of piperidine rings is 1. The Labute approximate surface area is 130 Å². The highest BCUT2D eigenvalue weighted by Gasteiger charge is 2.32. The molecule has 5 nitrogen and oxygen atoms in total. The topological polar surface area (TPSA) is 76.4 Å². The highest BCUT2D eigenvalue weighted by Crippen LogP contribution is 2.26. The van der Waals surface area contributed by atoms with Crippen molar-refractivity contribution in [2.75, 3.05) is 18.0 Å². The minimum Gasteiger partial charge on any atom is -0.383 e. The highest BCUT2D eigenvalue weighted by molar-refractivity contribution is 5.81. The average Bonchev–Trinajstić information content (AvgIpc) is 3.38. The van der Waals surface area contributed by atoms with Crippen molar-refractivity contribution in [3.8, 4) is 6.07 Å². The molecule has 1 heterocycles. The van der Waals surface area contributed by atoms with E-state index in [1.807, 2.05) is 24.3 Å². The van der Waals surface area contributed by atoms with Crippen molar-refractivity contribution in [2.45, 2.75) is 37.8 Å². The van der Waals surface area contributed by atoms with E-state index in [0.717, 1.165) is 44.5 Å². The van der Waals surface area contributed by atoms with E-state index in [2.05, 4.69) is 16.3 Å². The molecule has 0 aromatic heterocycles. The van der Waals surface area contributed by atoms with Crippen LogP contribution in [0.15, 0.2) is 24.3 Å². The Bertz CT molecular complexity index is 567. The molecule has 3 rings (SSSR count). The quantitative estimate of drug-likeness (QED) is 0.881. The maximum Gasteiger partial charge on any atom is 0.249 e. The summed E-state index contributed by atoms with van der Waals surface area (Å²) in [6, 6.07) is 9.95. The second kappa shape index (κ2) is 6.37. The molecule has 1 aromatic rings. The number of carbonyl (C=O) groups is 1. The van der Waals surface area contributed by atoms with Crippen LogP contribution in [0.1, 0.15) is 31.2 Å². The normalized spacial score (nSPS) is 20.3. The van der Waals surface area contributed by atoms with Crippen LogP contribution in [0.3, 0.4) is 0 Å². The third-order valence-electron chi connectivity index (χ3n) is 4.54. The van der Waals surface area contributed by atoms with Crippen LogP contribution in [0.25, 0.3) is 0 Å². The number of nitriles is 1. The lowest BCUT2D eigenvalue weighted by atomic mass is 9.90. The molecule has 0 radical (unpaired) electrons. The van der Waals surface area contributed by atoms with Crippen molar-refractivity contribution in [2.24, 2.45) is 5.92 Å². The van der Waals surface area contributed by atoms with Crippen LogP contribution in [0, 0.1) is 17.2 Å². The molecule has 116 valence electrons. The van der Waals surface area contributed by atoms with Gasteiger partial charge in [0.1, 0.15) is 6.10 Å². The van der Waals surface area contributed by atoms with E-state index in [9.17, 15) is 9.90 Å². The van der Waals surface area contributed by atoms with Crippen LogP contribution in [0.5, 0.6) is 0 Å². The van der Waals surface area contributed by atoms with Crippen molar-refractivity contribution >= 4 is 11.6 Å². The van der Waals surface area contributed by atoms with Gasteiger partial charge in [-0.3, -0.25) is 4.79 Å². The molecule has 1 unspecified atom stereocenters. The summed E-state index contributed by atoms with van der Waals surface area (Å²) in [5.74, 6) is -0.173. The third kappa shape index (κ3) is 3.40. The zero-order valence-corrected chi connectivity index (χ0v) is 12.5. The number of aliphatic hydroxyl groups excluding tert-OH is 1. The number of anilines is 1. The predicted molar refractivity (Wildman–Crippen MR) is 83.3 cm³/mol. The predicted octanol–water partition coefficient (Wildman–Crippen LogP) is 1.41. The van der Waals surface area contributed by atoms with E-state index >= 15 is 0 Å². The molecular formula is C17H21N3O2. The standard InChI is InChI=1S/C17H21N3O2/c18-11-12-1-5-15(6-2-12)20-9-7-13(8-10-20)16(21)17(22)19-14-3-4-14/h1-2,5-6,13-14,16,21H,3-4,7-10H2,(H,19,22). The molecule has 1 aromatic carbocycles. The first-order valence-electron chi connectivity index (χ1n) is 7.91. The molecule has 2 N–H and O–H groups in total. The Balaban J connectivity index is 1.52. The largest absolute Gasteiger partial charge is 0.383 e. The summed E-state index contributed by atoms with van der Waals surface area (Å²) in [4.78, 5) is 14.1. The van der Waals surface area contributed by atoms with E-state index < -0.39 is 6.10 Å². The van der Waals surface area contributed by atoms with Gasteiger partial charge in [0.15, 0.2) is 0 Å². The fraction of sp³-hybridized carbons (Fsp3) is 0.529. The van der Waals surface area contributed by atoms with Crippen LogP contribution in [-0.2, 0) is 4.79 Å². The average molecular weight is 299 g/mol. The Kier molecular flexibility index (Phi) is 4.30. The Morgan fingerprint density at radius 1 is 1.23 bits per heavy atom.